The normalized spacial score (nSPS) is 11.8. The Kier molecular flexibility index (Phi) is 7.34. The maximum absolute atomic E-state index is 12.0. The molecule has 21 heavy (non-hydrogen) atoms. The van der Waals surface area contributed by atoms with Crippen LogP contribution in [0.4, 0.5) is 11.4 Å². The van der Waals surface area contributed by atoms with Gasteiger partial charge in [0.2, 0.25) is 10.0 Å². The molecule has 0 aliphatic heterocycles. The van der Waals surface area contributed by atoms with E-state index in [1.807, 2.05) is 11.8 Å². The number of sulfonamides is 1. The van der Waals surface area contributed by atoms with Gasteiger partial charge in [0, 0.05) is 20.6 Å². The lowest BCUT2D eigenvalue weighted by molar-refractivity contribution is 0.521. The van der Waals surface area contributed by atoms with Crippen molar-refractivity contribution < 1.29 is 8.42 Å². The smallest absolute Gasteiger partial charge is 0.242 e. The van der Waals surface area contributed by atoms with E-state index >= 15 is 0 Å². The Bertz CT molecular complexity index is 545. The van der Waals surface area contributed by atoms with Gasteiger partial charge in [-0.2, -0.15) is 11.8 Å². The third-order valence-electron chi connectivity index (χ3n) is 3.14. The van der Waals surface area contributed by atoms with Gasteiger partial charge in [-0.1, -0.05) is 6.42 Å². The molecule has 1 rings (SSSR count). The third-order valence-corrected chi connectivity index (χ3v) is 5.65. The van der Waals surface area contributed by atoms with Crippen LogP contribution in [0.3, 0.4) is 0 Å². The molecule has 0 amide bonds. The van der Waals surface area contributed by atoms with Crippen LogP contribution in [0.1, 0.15) is 19.3 Å². The van der Waals surface area contributed by atoms with E-state index in [-0.39, 0.29) is 4.90 Å². The van der Waals surface area contributed by atoms with Gasteiger partial charge in [-0.15, -0.1) is 0 Å². The van der Waals surface area contributed by atoms with Crippen LogP contribution >= 0.6 is 11.8 Å². The predicted molar refractivity (Wildman–Crippen MR) is 92.4 cm³/mol. The molecule has 0 saturated heterocycles. The zero-order valence-electron chi connectivity index (χ0n) is 12.9. The maximum atomic E-state index is 12.0. The van der Waals surface area contributed by atoms with E-state index < -0.39 is 10.0 Å². The number of thioether (sulfide) groups is 1. The third kappa shape index (κ3) is 5.41. The standard InChI is InChI=1S/C14H25N3O2S2/c1-17(2)21(18,19)12-7-8-14(13(15)11-12)16-9-5-4-6-10-20-3/h7-8,11,16H,4-6,9-10,15H2,1-3H3. The first-order valence-electron chi connectivity index (χ1n) is 6.94. The average molecular weight is 332 g/mol. The fourth-order valence-corrected chi connectivity index (χ4v) is 3.27. The lowest BCUT2D eigenvalue weighted by Crippen LogP contribution is -2.22. The largest absolute Gasteiger partial charge is 0.397 e. The second kappa shape index (κ2) is 8.51. The molecule has 0 radical (unpaired) electrons. The second-order valence-corrected chi connectivity index (χ2v) is 8.15. The zero-order chi connectivity index (χ0) is 15.9. The first-order valence-corrected chi connectivity index (χ1v) is 9.78. The zero-order valence-corrected chi connectivity index (χ0v) is 14.6. The van der Waals surface area contributed by atoms with Gasteiger partial charge < -0.3 is 11.1 Å². The first-order chi connectivity index (χ1) is 9.89. The highest BCUT2D eigenvalue weighted by Crippen LogP contribution is 2.24. The molecule has 0 heterocycles. The van der Waals surface area contributed by atoms with Crippen LogP contribution in [0, 0.1) is 0 Å². The van der Waals surface area contributed by atoms with E-state index in [0.717, 1.165) is 18.7 Å². The lowest BCUT2D eigenvalue weighted by Gasteiger charge is -2.14. The van der Waals surface area contributed by atoms with Gasteiger partial charge >= 0.3 is 0 Å². The van der Waals surface area contributed by atoms with E-state index in [2.05, 4.69) is 11.6 Å². The summed E-state index contributed by atoms with van der Waals surface area (Å²) in [6.45, 7) is 0.846. The van der Waals surface area contributed by atoms with Crippen LogP contribution in [0.15, 0.2) is 23.1 Å². The van der Waals surface area contributed by atoms with Gasteiger partial charge in [0.1, 0.15) is 0 Å². The van der Waals surface area contributed by atoms with Gasteiger partial charge in [-0.3, -0.25) is 0 Å². The number of nitrogens with two attached hydrogens (primary N) is 1. The van der Waals surface area contributed by atoms with E-state index in [1.54, 1.807) is 12.1 Å². The SMILES string of the molecule is CSCCCCCNc1ccc(S(=O)(=O)N(C)C)cc1N. The molecule has 0 fully saturated rings. The molecule has 120 valence electrons. The monoisotopic (exact) mass is 331 g/mol. The van der Waals surface area contributed by atoms with Crippen LogP contribution < -0.4 is 11.1 Å². The molecule has 0 bridgehead atoms. The van der Waals surface area contributed by atoms with Crippen molar-refractivity contribution in [2.75, 3.05) is 43.7 Å². The van der Waals surface area contributed by atoms with Gasteiger partial charge in [-0.25, -0.2) is 12.7 Å². The van der Waals surface area contributed by atoms with Crippen molar-refractivity contribution in [2.24, 2.45) is 0 Å². The van der Waals surface area contributed by atoms with Crippen molar-refractivity contribution in [1.29, 1.82) is 0 Å². The van der Waals surface area contributed by atoms with Crippen molar-refractivity contribution in [3.05, 3.63) is 18.2 Å². The number of rotatable bonds is 9. The molecule has 0 atom stereocenters. The molecular weight excluding hydrogens is 306 g/mol. The van der Waals surface area contributed by atoms with Crippen LogP contribution in [0.25, 0.3) is 0 Å². The predicted octanol–water partition coefficient (Wildman–Crippen LogP) is 2.46. The fraction of sp³-hybridized carbons (Fsp3) is 0.571. The minimum atomic E-state index is -3.43. The van der Waals surface area contributed by atoms with Gasteiger partial charge in [0.25, 0.3) is 0 Å². The summed E-state index contributed by atoms with van der Waals surface area (Å²) in [5.41, 5.74) is 7.18. The molecule has 0 saturated carbocycles. The molecular formula is C14H25N3O2S2. The molecule has 3 N–H and O–H groups in total. The number of nitrogens with one attached hydrogen (secondary N) is 1. The molecule has 1 aromatic rings. The van der Waals surface area contributed by atoms with Crippen molar-refractivity contribution in [3.8, 4) is 0 Å². The minimum Gasteiger partial charge on any atom is -0.397 e. The molecule has 0 aliphatic rings. The number of unbranched alkanes of at least 4 members (excludes halogenated alkanes) is 2. The minimum absolute atomic E-state index is 0.218. The molecule has 0 aliphatic carbocycles. The summed E-state index contributed by atoms with van der Waals surface area (Å²) in [6, 6.07) is 4.82. The molecule has 1 aromatic carbocycles. The first kappa shape index (κ1) is 18.1. The van der Waals surface area contributed by atoms with E-state index in [1.165, 1.54) is 43.1 Å². The summed E-state index contributed by atoms with van der Waals surface area (Å²) >= 11 is 1.86. The Labute approximate surface area is 132 Å². The molecule has 5 nitrogen and oxygen atoms in total. The fourth-order valence-electron chi connectivity index (χ4n) is 1.84. The Morgan fingerprint density at radius 3 is 2.52 bits per heavy atom. The maximum Gasteiger partial charge on any atom is 0.242 e. The summed E-state index contributed by atoms with van der Waals surface area (Å²) in [4.78, 5) is 0.218. The van der Waals surface area contributed by atoms with Gasteiger partial charge in [0.05, 0.1) is 16.3 Å². The molecule has 7 heteroatoms. The van der Waals surface area contributed by atoms with E-state index in [9.17, 15) is 8.42 Å². The van der Waals surface area contributed by atoms with Crippen LogP contribution in [0.2, 0.25) is 0 Å². The van der Waals surface area contributed by atoms with E-state index in [0.29, 0.717) is 5.69 Å². The Morgan fingerprint density at radius 1 is 1.24 bits per heavy atom. The summed E-state index contributed by atoms with van der Waals surface area (Å²) in [7, 11) is -0.416. The molecule has 0 aromatic heterocycles. The van der Waals surface area contributed by atoms with Crippen molar-refractivity contribution in [1.82, 2.24) is 4.31 Å². The van der Waals surface area contributed by atoms with Gasteiger partial charge in [0.15, 0.2) is 0 Å². The van der Waals surface area contributed by atoms with Crippen LogP contribution in [-0.4, -0.2) is 45.4 Å². The number of hydrogen-bond donors (Lipinski definition) is 2. The summed E-state index contributed by atoms with van der Waals surface area (Å²) in [6.07, 6.45) is 5.60. The summed E-state index contributed by atoms with van der Waals surface area (Å²) in [5, 5.41) is 3.26. The quantitative estimate of drug-likeness (QED) is 0.537. The van der Waals surface area contributed by atoms with Crippen LogP contribution in [-0.2, 0) is 10.0 Å². The topological polar surface area (TPSA) is 75.4 Å². The molecule has 0 spiro atoms. The van der Waals surface area contributed by atoms with E-state index in [4.69, 9.17) is 5.73 Å². The second-order valence-electron chi connectivity index (χ2n) is 5.02. The highest BCUT2D eigenvalue weighted by atomic mass is 32.2. The molecule has 0 unspecified atom stereocenters. The Balaban J connectivity index is 2.59. The van der Waals surface area contributed by atoms with Crippen molar-refractivity contribution in [3.63, 3.8) is 0 Å². The van der Waals surface area contributed by atoms with Crippen LogP contribution in [0.5, 0.6) is 0 Å². The average Bonchev–Trinajstić information content (AvgIpc) is 2.43. The van der Waals surface area contributed by atoms with Crippen molar-refractivity contribution in [2.45, 2.75) is 24.2 Å². The van der Waals surface area contributed by atoms with Gasteiger partial charge in [-0.05, 0) is 43.0 Å². The Morgan fingerprint density at radius 2 is 1.95 bits per heavy atom. The number of hydrogen-bond acceptors (Lipinski definition) is 5. The lowest BCUT2D eigenvalue weighted by atomic mass is 10.2. The highest BCUT2D eigenvalue weighted by Gasteiger charge is 2.17. The van der Waals surface area contributed by atoms with Crippen molar-refractivity contribution >= 4 is 33.2 Å². The highest BCUT2D eigenvalue weighted by molar-refractivity contribution is 7.98. The summed E-state index contributed by atoms with van der Waals surface area (Å²) < 4.78 is 25.2. The summed E-state index contributed by atoms with van der Waals surface area (Å²) in [5.74, 6) is 1.19. The number of anilines is 2. The number of benzene rings is 1. The Hall–Kier alpha value is -0.920. The number of nitrogens with zero attached hydrogens (tertiary/aromatic N) is 1. The number of nitrogen functional groups attached to an aromatic ring is 1.